The Labute approximate surface area is 166 Å². The molecule has 0 amide bonds. The molecule has 0 bridgehead atoms. The van der Waals surface area contributed by atoms with Gasteiger partial charge in [0.15, 0.2) is 0 Å². The third kappa shape index (κ3) is 4.57. The van der Waals surface area contributed by atoms with Gasteiger partial charge in [-0.2, -0.15) is 0 Å². The van der Waals surface area contributed by atoms with Crippen molar-refractivity contribution in [1.29, 1.82) is 0 Å². The molecule has 6 nitrogen and oxygen atoms in total. The van der Waals surface area contributed by atoms with Gasteiger partial charge in [0.2, 0.25) is 0 Å². The largest absolute Gasteiger partial charge is 2.00 e. The van der Waals surface area contributed by atoms with Crippen molar-refractivity contribution in [1.82, 2.24) is 4.98 Å². The standard InChI is InChI=1S/C20H16N2O.HNO2.Ni/c23-20-16(11-10-14-5-1-2-8-17(14)20)13-22-18-9-3-6-15-7-4-12-21-19(15)18;2-1-3;/h1-9,12-13,23H,10-11H2;(H,2,3);/q;;+2/p-2. The van der Waals surface area contributed by atoms with E-state index in [1.165, 1.54) is 0 Å². The van der Waals surface area contributed by atoms with E-state index in [1.807, 2.05) is 54.6 Å². The first-order valence-corrected chi connectivity index (χ1v) is 8.06. The Morgan fingerprint density at radius 2 is 1.74 bits per heavy atom. The number of aliphatic imine (C=N–C) groups is 1. The summed E-state index contributed by atoms with van der Waals surface area (Å²) in [4.78, 5) is 16.9. The minimum absolute atomic E-state index is 0. The topological polar surface area (TPSA) is 101 Å². The van der Waals surface area contributed by atoms with E-state index in [0.29, 0.717) is 0 Å². The van der Waals surface area contributed by atoms with Gasteiger partial charge in [-0.3, -0.25) is 9.98 Å². The summed E-state index contributed by atoms with van der Waals surface area (Å²) in [5, 5.41) is 22.6. The Balaban J connectivity index is 0.000000614. The summed E-state index contributed by atoms with van der Waals surface area (Å²) < 4.78 is 0. The van der Waals surface area contributed by atoms with Crippen LogP contribution in [0.3, 0.4) is 0 Å². The normalized spacial score (nSPS) is 12.7. The van der Waals surface area contributed by atoms with Gasteiger partial charge in [-0.05, 0) is 41.7 Å². The average molecular weight is 404 g/mol. The third-order valence-electron chi connectivity index (χ3n) is 4.19. The number of rotatable bonds is 2. The Hall–Kier alpha value is -3.05. The van der Waals surface area contributed by atoms with E-state index in [4.69, 9.17) is 10.1 Å². The van der Waals surface area contributed by atoms with Crippen molar-refractivity contribution in [3.8, 4) is 0 Å². The second-order valence-corrected chi connectivity index (χ2v) is 5.70. The van der Waals surface area contributed by atoms with Gasteiger partial charge in [0, 0.05) is 17.8 Å². The number of hydrogen-bond acceptors (Lipinski definition) is 6. The van der Waals surface area contributed by atoms with Crippen LogP contribution in [0.4, 0.5) is 5.69 Å². The summed E-state index contributed by atoms with van der Waals surface area (Å²) in [6.07, 6.45) is 5.09. The number of allylic oxidation sites excluding steroid dienone is 1. The van der Waals surface area contributed by atoms with E-state index < -0.39 is 0 Å². The van der Waals surface area contributed by atoms with Gasteiger partial charge < -0.3 is 15.2 Å². The number of aromatic nitrogens is 1. The van der Waals surface area contributed by atoms with E-state index in [-0.39, 0.29) is 22.3 Å². The molecule has 0 unspecified atom stereocenters. The first-order valence-electron chi connectivity index (χ1n) is 8.06. The van der Waals surface area contributed by atoms with Crippen molar-refractivity contribution in [3.63, 3.8) is 0 Å². The van der Waals surface area contributed by atoms with Crippen LogP contribution in [0.5, 0.6) is 0 Å². The van der Waals surface area contributed by atoms with Crippen molar-refractivity contribution < 1.29 is 21.6 Å². The number of nitrogens with zero attached hydrogens (tertiary/aromatic N) is 3. The summed E-state index contributed by atoms with van der Waals surface area (Å²) in [5.74, 6) is 0.0868. The van der Waals surface area contributed by atoms with Gasteiger partial charge in [-0.15, -0.1) is 5.34 Å². The molecule has 138 valence electrons. The molecule has 3 aromatic rings. The molecule has 0 radical (unpaired) electrons. The minimum atomic E-state index is 0. The van der Waals surface area contributed by atoms with Gasteiger partial charge >= 0.3 is 16.5 Å². The smallest absolute Gasteiger partial charge is 0.872 e. The van der Waals surface area contributed by atoms with E-state index in [2.05, 4.69) is 9.98 Å². The Morgan fingerprint density at radius 3 is 2.56 bits per heavy atom. The molecule has 2 aromatic carbocycles. The molecule has 0 saturated carbocycles. The number of pyridine rings is 1. The van der Waals surface area contributed by atoms with Gasteiger partial charge in [0.05, 0.1) is 11.2 Å². The van der Waals surface area contributed by atoms with E-state index in [1.54, 1.807) is 12.4 Å². The van der Waals surface area contributed by atoms with Gasteiger partial charge in [0.25, 0.3) is 0 Å². The first-order chi connectivity index (χ1) is 12.7. The predicted molar refractivity (Wildman–Crippen MR) is 101 cm³/mol. The molecule has 0 N–H and O–H groups in total. The fraction of sp³-hybridized carbons (Fsp3) is 0.100. The molecule has 27 heavy (non-hydrogen) atoms. The SMILES string of the molecule is O=N[O-].[Ni+2].[O-]C1=C(C=Nc2cccc3cccnc23)CCc2ccccc21. The average Bonchev–Trinajstić information content (AvgIpc) is 2.68. The summed E-state index contributed by atoms with van der Waals surface area (Å²) in [6.45, 7) is 0. The van der Waals surface area contributed by atoms with E-state index in [9.17, 15) is 5.11 Å². The minimum Gasteiger partial charge on any atom is -0.872 e. The van der Waals surface area contributed by atoms with Crippen LogP contribution in [-0.2, 0) is 22.9 Å². The number of fused-ring (bicyclic) bond motifs is 2. The molecular weight excluding hydrogens is 389 g/mol. The van der Waals surface area contributed by atoms with Crippen molar-refractivity contribution in [2.45, 2.75) is 12.8 Å². The molecule has 1 heterocycles. The Morgan fingerprint density at radius 1 is 1.00 bits per heavy atom. The zero-order valence-electron chi connectivity index (χ0n) is 14.1. The number of hydrogen-bond donors (Lipinski definition) is 0. The van der Waals surface area contributed by atoms with Gasteiger partial charge in [0.1, 0.15) is 0 Å². The van der Waals surface area contributed by atoms with Gasteiger partial charge in [-0.25, -0.2) is 0 Å². The molecule has 0 aliphatic heterocycles. The second kappa shape index (κ2) is 9.60. The summed E-state index contributed by atoms with van der Waals surface area (Å²) >= 11 is 0. The number of para-hydroxylation sites is 1. The molecule has 1 aliphatic rings. The maximum absolute atomic E-state index is 12.6. The Kier molecular flexibility index (Phi) is 7.20. The molecule has 0 atom stereocenters. The predicted octanol–water partition coefficient (Wildman–Crippen LogP) is 3.90. The molecule has 0 spiro atoms. The quantitative estimate of drug-likeness (QED) is 0.280. The van der Waals surface area contributed by atoms with E-state index >= 15 is 0 Å². The molecule has 1 aliphatic carbocycles. The van der Waals surface area contributed by atoms with Crippen molar-refractivity contribution >= 4 is 28.6 Å². The molecular formula is C20H15N3NiO3. The Bertz CT molecular complexity index is 997. The molecule has 0 saturated heterocycles. The van der Waals surface area contributed by atoms with Crippen LogP contribution < -0.4 is 5.11 Å². The summed E-state index contributed by atoms with van der Waals surface area (Å²) in [6, 6.07) is 17.6. The van der Waals surface area contributed by atoms with Crippen LogP contribution >= 0.6 is 0 Å². The second-order valence-electron chi connectivity index (χ2n) is 5.70. The van der Waals surface area contributed by atoms with Crippen molar-refractivity contribution in [2.24, 2.45) is 10.3 Å². The fourth-order valence-electron chi connectivity index (χ4n) is 2.98. The van der Waals surface area contributed by atoms with Crippen LogP contribution in [0, 0.1) is 10.1 Å². The summed E-state index contributed by atoms with van der Waals surface area (Å²) in [5.41, 5.74) is 4.34. The van der Waals surface area contributed by atoms with Crippen LogP contribution in [-0.4, -0.2) is 11.2 Å². The molecule has 1 aromatic heterocycles. The monoisotopic (exact) mass is 403 g/mol. The van der Waals surface area contributed by atoms with Crippen molar-refractivity contribution in [2.75, 3.05) is 0 Å². The molecule has 0 fully saturated rings. The third-order valence-corrected chi connectivity index (χ3v) is 4.19. The zero-order chi connectivity index (χ0) is 18.4. The first kappa shape index (κ1) is 20.3. The molecule has 7 heteroatoms. The van der Waals surface area contributed by atoms with Gasteiger partial charge in [-0.1, -0.05) is 48.2 Å². The van der Waals surface area contributed by atoms with Crippen LogP contribution in [0.15, 0.2) is 76.7 Å². The number of aryl methyl sites for hydroxylation is 1. The van der Waals surface area contributed by atoms with Crippen molar-refractivity contribution in [3.05, 3.63) is 87.6 Å². The van der Waals surface area contributed by atoms with Crippen LogP contribution in [0.1, 0.15) is 17.5 Å². The summed E-state index contributed by atoms with van der Waals surface area (Å²) in [7, 11) is 0. The number of benzene rings is 2. The van der Waals surface area contributed by atoms with Crippen LogP contribution in [0.25, 0.3) is 16.7 Å². The van der Waals surface area contributed by atoms with Crippen LogP contribution in [0.2, 0.25) is 0 Å². The maximum atomic E-state index is 12.6. The molecule has 4 rings (SSSR count). The zero-order valence-corrected chi connectivity index (χ0v) is 15.1. The fourth-order valence-corrected chi connectivity index (χ4v) is 2.98. The van der Waals surface area contributed by atoms with E-state index in [0.717, 1.165) is 51.5 Å². The maximum Gasteiger partial charge on any atom is 2.00 e.